The Balaban J connectivity index is 1.69. The Labute approximate surface area is 152 Å². The van der Waals surface area contributed by atoms with Crippen LogP contribution >= 0.6 is 0 Å². The highest BCUT2D eigenvalue weighted by molar-refractivity contribution is 5.97. The Morgan fingerprint density at radius 1 is 1.31 bits per heavy atom. The van der Waals surface area contributed by atoms with Crippen molar-refractivity contribution >= 4 is 17.5 Å². The summed E-state index contributed by atoms with van der Waals surface area (Å²) in [5.74, 6) is 1.37. The maximum atomic E-state index is 12.8. The van der Waals surface area contributed by atoms with Gasteiger partial charge in [0.05, 0.1) is 6.54 Å². The van der Waals surface area contributed by atoms with Crippen molar-refractivity contribution in [1.82, 2.24) is 15.0 Å². The third-order valence-electron chi connectivity index (χ3n) is 4.65. The molecule has 0 unspecified atom stereocenters. The van der Waals surface area contributed by atoms with Gasteiger partial charge in [0.25, 0.3) is 5.91 Å². The maximum absolute atomic E-state index is 12.8. The van der Waals surface area contributed by atoms with Gasteiger partial charge in [-0.15, -0.1) is 0 Å². The van der Waals surface area contributed by atoms with Crippen LogP contribution in [0.1, 0.15) is 67.5 Å². The van der Waals surface area contributed by atoms with Gasteiger partial charge in [0.1, 0.15) is 0 Å². The van der Waals surface area contributed by atoms with Crippen LogP contribution in [-0.2, 0) is 11.3 Å². The molecule has 1 aromatic heterocycles. The Kier molecular flexibility index (Phi) is 5.65. The van der Waals surface area contributed by atoms with E-state index in [-0.39, 0.29) is 11.8 Å². The Hall–Kier alpha value is -2.70. The summed E-state index contributed by atoms with van der Waals surface area (Å²) in [5, 5.41) is 6.79. The van der Waals surface area contributed by atoms with E-state index in [0.717, 1.165) is 12.8 Å². The molecule has 1 aliphatic carbocycles. The number of benzene rings is 1. The lowest BCUT2D eigenvalue weighted by atomic mass is 9.85. The smallest absolute Gasteiger partial charge is 0.254 e. The van der Waals surface area contributed by atoms with Gasteiger partial charge in [0.15, 0.2) is 5.82 Å². The summed E-state index contributed by atoms with van der Waals surface area (Å²) in [6, 6.07) is 6.96. The molecular weight excluding hydrogens is 332 g/mol. The van der Waals surface area contributed by atoms with Gasteiger partial charge in [-0.1, -0.05) is 24.6 Å². The highest BCUT2D eigenvalue weighted by Gasteiger charge is 2.26. The molecule has 2 amide bonds. The number of carbonyl (C=O) groups is 2. The second-order valence-corrected chi connectivity index (χ2v) is 6.48. The van der Waals surface area contributed by atoms with Gasteiger partial charge >= 0.3 is 0 Å². The van der Waals surface area contributed by atoms with E-state index in [1.165, 1.54) is 6.42 Å². The summed E-state index contributed by atoms with van der Waals surface area (Å²) >= 11 is 0. The molecule has 7 nitrogen and oxygen atoms in total. The fourth-order valence-corrected chi connectivity index (χ4v) is 2.81. The predicted octanol–water partition coefficient (Wildman–Crippen LogP) is 3.35. The third kappa shape index (κ3) is 4.09. The first-order valence-electron chi connectivity index (χ1n) is 9.12. The second-order valence-electron chi connectivity index (χ2n) is 6.48. The monoisotopic (exact) mass is 356 g/mol. The second kappa shape index (κ2) is 8.12. The van der Waals surface area contributed by atoms with Gasteiger partial charge < -0.3 is 14.7 Å². The van der Waals surface area contributed by atoms with E-state index >= 15 is 0 Å². The van der Waals surface area contributed by atoms with E-state index < -0.39 is 0 Å². The van der Waals surface area contributed by atoms with Gasteiger partial charge in [-0.3, -0.25) is 9.59 Å². The number of hydrogen-bond donors (Lipinski definition) is 1. The molecular formula is C19H24N4O3. The molecule has 0 aliphatic heterocycles. The lowest BCUT2D eigenvalue weighted by Crippen LogP contribution is -2.30. The predicted molar refractivity (Wildman–Crippen MR) is 96.7 cm³/mol. The van der Waals surface area contributed by atoms with E-state index in [1.54, 1.807) is 36.1 Å². The average molecular weight is 356 g/mol. The summed E-state index contributed by atoms with van der Waals surface area (Å²) in [6.07, 6.45) is 3.77. The molecule has 0 bridgehead atoms. The summed E-state index contributed by atoms with van der Waals surface area (Å²) in [7, 11) is 0. The van der Waals surface area contributed by atoms with Crippen LogP contribution in [-0.4, -0.2) is 33.4 Å². The fraction of sp³-hybridized carbons (Fsp3) is 0.474. The average Bonchev–Trinajstić information content (AvgIpc) is 3.05. The molecule has 1 aliphatic rings. The van der Waals surface area contributed by atoms with Crippen LogP contribution in [0, 0.1) is 0 Å². The molecule has 1 aromatic carbocycles. The number of rotatable bonds is 7. The zero-order valence-electron chi connectivity index (χ0n) is 15.2. The number of anilines is 1. The van der Waals surface area contributed by atoms with Gasteiger partial charge in [-0.25, -0.2) is 0 Å². The van der Waals surface area contributed by atoms with Gasteiger partial charge in [0, 0.05) is 30.1 Å². The van der Waals surface area contributed by atoms with Crippen molar-refractivity contribution in [3.05, 3.63) is 41.5 Å². The van der Waals surface area contributed by atoms with Crippen molar-refractivity contribution < 1.29 is 14.1 Å². The Morgan fingerprint density at radius 2 is 2.12 bits per heavy atom. The SMILES string of the molecule is CCC(=O)Nc1cccc(C(=O)N(CC)Cc2noc(C3CCC3)n2)c1. The third-order valence-corrected chi connectivity index (χ3v) is 4.65. The first-order chi connectivity index (χ1) is 12.6. The highest BCUT2D eigenvalue weighted by Crippen LogP contribution is 2.35. The number of carbonyl (C=O) groups excluding carboxylic acids is 2. The number of hydrogen-bond acceptors (Lipinski definition) is 5. The molecule has 1 heterocycles. The number of nitrogens with one attached hydrogen (secondary N) is 1. The minimum Gasteiger partial charge on any atom is -0.339 e. The van der Waals surface area contributed by atoms with Crippen molar-refractivity contribution in [2.24, 2.45) is 0 Å². The van der Waals surface area contributed by atoms with E-state index in [1.807, 2.05) is 6.92 Å². The maximum Gasteiger partial charge on any atom is 0.254 e. The van der Waals surface area contributed by atoms with Crippen molar-refractivity contribution in [3.63, 3.8) is 0 Å². The van der Waals surface area contributed by atoms with E-state index in [4.69, 9.17) is 4.52 Å². The highest BCUT2D eigenvalue weighted by atomic mass is 16.5. The van der Waals surface area contributed by atoms with Crippen LogP contribution in [0.2, 0.25) is 0 Å². The molecule has 3 rings (SSSR count). The number of nitrogens with zero attached hydrogens (tertiary/aromatic N) is 3. The van der Waals surface area contributed by atoms with Crippen molar-refractivity contribution in [2.45, 2.75) is 52.0 Å². The number of amides is 2. The molecule has 2 aromatic rings. The molecule has 26 heavy (non-hydrogen) atoms. The fourth-order valence-electron chi connectivity index (χ4n) is 2.81. The standard InChI is InChI=1S/C19H24N4O3/c1-3-17(24)20-15-10-6-9-14(11-15)19(25)23(4-2)12-16-21-18(26-22-16)13-7-5-8-13/h6,9-11,13H,3-5,7-8,12H2,1-2H3,(H,20,24). The molecule has 138 valence electrons. The molecule has 0 saturated heterocycles. The molecule has 0 atom stereocenters. The quantitative estimate of drug-likeness (QED) is 0.822. The lowest BCUT2D eigenvalue weighted by Gasteiger charge is -2.21. The Bertz CT molecular complexity index is 783. The molecule has 1 saturated carbocycles. The van der Waals surface area contributed by atoms with Crippen LogP contribution in [0.25, 0.3) is 0 Å². The van der Waals surface area contributed by atoms with E-state index in [9.17, 15) is 9.59 Å². The van der Waals surface area contributed by atoms with Crippen LogP contribution in [0.15, 0.2) is 28.8 Å². The Morgan fingerprint density at radius 3 is 2.77 bits per heavy atom. The van der Waals surface area contributed by atoms with Gasteiger partial charge in [-0.05, 0) is 38.0 Å². The van der Waals surface area contributed by atoms with Gasteiger partial charge in [0.2, 0.25) is 11.8 Å². The minimum absolute atomic E-state index is 0.0859. The van der Waals surface area contributed by atoms with E-state index in [0.29, 0.717) is 48.4 Å². The summed E-state index contributed by atoms with van der Waals surface area (Å²) in [6.45, 7) is 4.52. The van der Waals surface area contributed by atoms with Crippen molar-refractivity contribution in [1.29, 1.82) is 0 Å². The van der Waals surface area contributed by atoms with Crippen LogP contribution in [0.4, 0.5) is 5.69 Å². The first kappa shape index (κ1) is 18.1. The molecule has 7 heteroatoms. The lowest BCUT2D eigenvalue weighted by molar-refractivity contribution is -0.115. The minimum atomic E-state index is -0.130. The van der Waals surface area contributed by atoms with Crippen LogP contribution in [0.5, 0.6) is 0 Å². The normalized spacial score (nSPS) is 13.9. The molecule has 0 spiro atoms. The molecule has 1 N–H and O–H groups in total. The van der Waals surface area contributed by atoms with Crippen molar-refractivity contribution in [3.8, 4) is 0 Å². The largest absolute Gasteiger partial charge is 0.339 e. The summed E-state index contributed by atoms with van der Waals surface area (Å²) in [5.41, 5.74) is 1.13. The summed E-state index contributed by atoms with van der Waals surface area (Å²) in [4.78, 5) is 30.5. The molecule has 1 fully saturated rings. The zero-order chi connectivity index (χ0) is 18.5. The van der Waals surface area contributed by atoms with E-state index in [2.05, 4.69) is 15.5 Å². The van der Waals surface area contributed by atoms with Crippen LogP contribution in [0.3, 0.4) is 0 Å². The molecule has 0 radical (unpaired) electrons. The summed E-state index contributed by atoms with van der Waals surface area (Å²) < 4.78 is 5.33. The van der Waals surface area contributed by atoms with Crippen molar-refractivity contribution in [2.75, 3.05) is 11.9 Å². The topological polar surface area (TPSA) is 88.3 Å². The zero-order valence-corrected chi connectivity index (χ0v) is 15.2. The van der Waals surface area contributed by atoms with Gasteiger partial charge in [-0.2, -0.15) is 4.98 Å². The van der Waals surface area contributed by atoms with Crippen LogP contribution < -0.4 is 5.32 Å². The number of aromatic nitrogens is 2. The first-order valence-corrected chi connectivity index (χ1v) is 9.12.